The Morgan fingerprint density at radius 2 is 1.39 bits per heavy atom. The molecular formula is C39H51N4O3+. The van der Waals surface area contributed by atoms with E-state index in [2.05, 4.69) is 56.0 Å². The average Bonchev–Trinajstić information content (AvgIpc) is 3.44. The highest BCUT2D eigenvalue weighted by Gasteiger charge is 2.48. The molecule has 0 radical (unpaired) electrons. The Morgan fingerprint density at radius 3 is 1.96 bits per heavy atom. The van der Waals surface area contributed by atoms with Gasteiger partial charge in [0.2, 0.25) is 11.8 Å². The molecule has 2 aliphatic heterocycles. The number of Topliss-reactive ketones (excluding diaryl/α,β-unsaturated/α-hetero) is 1. The van der Waals surface area contributed by atoms with Crippen molar-refractivity contribution in [3.8, 4) is 0 Å². The predicted octanol–water partition coefficient (Wildman–Crippen LogP) is 4.96. The van der Waals surface area contributed by atoms with Gasteiger partial charge in [0.25, 0.3) is 0 Å². The lowest BCUT2D eigenvalue weighted by Crippen LogP contribution is -2.58. The minimum atomic E-state index is -0.664. The molecule has 0 aromatic heterocycles. The van der Waals surface area contributed by atoms with Crippen LogP contribution in [0.4, 0.5) is 0 Å². The van der Waals surface area contributed by atoms with Crippen LogP contribution in [0.5, 0.6) is 0 Å². The summed E-state index contributed by atoms with van der Waals surface area (Å²) >= 11 is 0. The minimum absolute atomic E-state index is 0.00534. The van der Waals surface area contributed by atoms with E-state index in [1.54, 1.807) is 7.05 Å². The maximum absolute atomic E-state index is 14.6. The number of ketones is 1. The zero-order chi connectivity index (χ0) is 32.7. The Bertz CT molecular complexity index is 1400. The Hall–Kier alpha value is -3.81. The van der Waals surface area contributed by atoms with Crippen molar-refractivity contribution in [1.29, 1.82) is 0 Å². The van der Waals surface area contributed by atoms with Crippen LogP contribution in [-0.4, -0.2) is 85.9 Å². The Balaban J connectivity index is 1.39. The van der Waals surface area contributed by atoms with Crippen molar-refractivity contribution in [2.24, 2.45) is 5.92 Å². The van der Waals surface area contributed by atoms with E-state index >= 15 is 0 Å². The van der Waals surface area contributed by atoms with E-state index in [-0.39, 0.29) is 35.5 Å². The average molecular weight is 624 g/mol. The lowest BCUT2D eigenvalue weighted by Gasteiger charge is -2.34. The van der Waals surface area contributed by atoms with E-state index in [4.69, 9.17) is 0 Å². The molecule has 0 aliphatic carbocycles. The van der Waals surface area contributed by atoms with Crippen molar-refractivity contribution in [2.45, 2.75) is 75.0 Å². The molecule has 0 bridgehead atoms. The van der Waals surface area contributed by atoms with Crippen molar-refractivity contribution in [1.82, 2.24) is 15.5 Å². The van der Waals surface area contributed by atoms with Crippen molar-refractivity contribution < 1.29 is 18.9 Å². The Morgan fingerprint density at radius 1 is 0.826 bits per heavy atom. The number of likely N-dealkylation sites (N-methyl/N-ethyl adjacent to an activating group) is 1. The number of hydrogen-bond donors (Lipinski definition) is 2. The van der Waals surface area contributed by atoms with Crippen LogP contribution in [-0.2, 0) is 20.8 Å². The first-order valence-corrected chi connectivity index (χ1v) is 16.9. The number of carbonyl (C=O) groups excluding carboxylic acids is 3. The molecule has 5 rings (SSSR count). The van der Waals surface area contributed by atoms with Gasteiger partial charge in [-0.25, -0.2) is 0 Å². The number of hydrogen-bond acceptors (Lipinski definition) is 4. The molecule has 46 heavy (non-hydrogen) atoms. The van der Waals surface area contributed by atoms with Gasteiger partial charge in [-0.05, 0) is 61.8 Å². The molecule has 0 spiro atoms. The third-order valence-electron chi connectivity index (χ3n) is 9.96. The second-order valence-electron chi connectivity index (χ2n) is 14.2. The number of amides is 2. The van der Waals surface area contributed by atoms with Crippen molar-refractivity contribution in [3.63, 3.8) is 0 Å². The van der Waals surface area contributed by atoms with Crippen molar-refractivity contribution >= 4 is 17.6 Å². The molecule has 2 fully saturated rings. The summed E-state index contributed by atoms with van der Waals surface area (Å²) in [5, 5.41) is 6.39. The van der Waals surface area contributed by atoms with Gasteiger partial charge in [-0.3, -0.25) is 14.4 Å². The summed E-state index contributed by atoms with van der Waals surface area (Å²) < 4.78 is 0.785. The highest BCUT2D eigenvalue weighted by atomic mass is 16.2. The molecule has 2 amide bonds. The zero-order valence-electron chi connectivity index (χ0n) is 27.9. The maximum Gasteiger partial charge on any atom is 0.246 e. The molecular weight excluding hydrogens is 572 g/mol. The molecule has 7 heteroatoms. The molecule has 2 saturated heterocycles. The maximum atomic E-state index is 14.6. The fourth-order valence-electron chi connectivity index (χ4n) is 7.36. The second kappa shape index (κ2) is 15.2. The third-order valence-corrected chi connectivity index (χ3v) is 9.96. The first-order chi connectivity index (χ1) is 22.1. The van der Waals surface area contributed by atoms with Gasteiger partial charge >= 0.3 is 0 Å². The highest BCUT2D eigenvalue weighted by Crippen LogP contribution is 2.38. The highest BCUT2D eigenvalue weighted by molar-refractivity contribution is 5.95. The van der Waals surface area contributed by atoms with Gasteiger partial charge < -0.3 is 20.0 Å². The molecule has 3 aromatic rings. The monoisotopic (exact) mass is 623 g/mol. The molecule has 5 atom stereocenters. The molecule has 3 aromatic carbocycles. The van der Waals surface area contributed by atoms with Crippen molar-refractivity contribution in [2.75, 3.05) is 34.7 Å². The molecule has 0 saturated carbocycles. The van der Waals surface area contributed by atoms with Gasteiger partial charge in [0.05, 0.1) is 39.8 Å². The van der Waals surface area contributed by atoms with Gasteiger partial charge in [-0.2, -0.15) is 0 Å². The minimum Gasteiger partial charge on any atom is -0.343 e. The summed E-state index contributed by atoms with van der Waals surface area (Å²) in [5.74, 6) is -0.248. The summed E-state index contributed by atoms with van der Waals surface area (Å²) in [7, 11) is 8.27. The summed E-state index contributed by atoms with van der Waals surface area (Å²) in [5.41, 5.74) is 3.25. The van der Waals surface area contributed by atoms with E-state index in [9.17, 15) is 14.4 Å². The number of fused-ring (bicyclic) bond motifs is 1. The van der Waals surface area contributed by atoms with Gasteiger partial charge in [0.15, 0.2) is 5.78 Å². The standard InChI is InChI=1S/C39H50N4O3/c1-40-34(26-28-14-8-5-9-15-28)38(45)41-37-31(24-25-43(2,3)4)20-21-32-22-23-35(42(32)39(37)46)36(44)27-33(29-16-10-6-11-17-29)30-18-12-7-13-19-30/h5-19,31-35,37,40H,20-27H2,1-4H3/p+1/t31-,32+,34-,35+,37+/m1/s1. The van der Waals surface area contributed by atoms with Gasteiger partial charge in [-0.1, -0.05) is 91.0 Å². The summed E-state index contributed by atoms with van der Waals surface area (Å²) in [6.45, 7) is 0.895. The normalized spacial score (nSPS) is 22.3. The fraction of sp³-hybridized carbons (Fsp3) is 0.462. The summed E-state index contributed by atoms with van der Waals surface area (Å²) in [4.78, 5) is 44.6. The van der Waals surface area contributed by atoms with Crippen LogP contribution in [0.1, 0.15) is 61.1 Å². The molecule has 244 valence electrons. The van der Waals surface area contributed by atoms with Crippen LogP contribution in [0, 0.1) is 5.92 Å². The molecule has 2 aliphatic rings. The van der Waals surface area contributed by atoms with E-state index in [1.807, 2.05) is 71.6 Å². The number of carbonyl (C=O) groups is 3. The number of quaternary nitrogens is 1. The van der Waals surface area contributed by atoms with E-state index in [1.165, 1.54) is 0 Å². The number of benzene rings is 3. The van der Waals surface area contributed by atoms with Crippen molar-refractivity contribution in [3.05, 3.63) is 108 Å². The molecule has 7 nitrogen and oxygen atoms in total. The molecule has 2 N–H and O–H groups in total. The fourth-order valence-corrected chi connectivity index (χ4v) is 7.36. The first-order valence-electron chi connectivity index (χ1n) is 16.9. The van der Waals surface area contributed by atoms with Gasteiger partial charge in [0, 0.05) is 24.8 Å². The Kier molecular flexibility index (Phi) is 11.1. The first kappa shape index (κ1) is 33.6. The van der Waals surface area contributed by atoms with Crippen LogP contribution >= 0.6 is 0 Å². The smallest absolute Gasteiger partial charge is 0.246 e. The van der Waals surface area contributed by atoms with E-state index in [0.29, 0.717) is 19.3 Å². The number of nitrogens with zero attached hydrogens (tertiary/aromatic N) is 2. The quantitative estimate of drug-likeness (QED) is 0.264. The second-order valence-corrected chi connectivity index (χ2v) is 14.2. The lowest BCUT2D eigenvalue weighted by atomic mass is 9.85. The topological polar surface area (TPSA) is 78.5 Å². The van der Waals surface area contributed by atoms with Crippen LogP contribution in [0.2, 0.25) is 0 Å². The van der Waals surface area contributed by atoms with Crippen LogP contribution < -0.4 is 10.6 Å². The largest absolute Gasteiger partial charge is 0.343 e. The zero-order valence-corrected chi connectivity index (χ0v) is 27.9. The van der Waals surface area contributed by atoms with Crippen LogP contribution in [0.15, 0.2) is 91.0 Å². The Labute approximate surface area is 275 Å². The number of rotatable bonds is 13. The van der Waals surface area contributed by atoms with Gasteiger partial charge in [0.1, 0.15) is 6.04 Å². The summed E-state index contributed by atoms with van der Waals surface area (Å²) in [6, 6.07) is 28.7. The van der Waals surface area contributed by atoms with Crippen LogP contribution in [0.3, 0.4) is 0 Å². The lowest BCUT2D eigenvalue weighted by molar-refractivity contribution is -0.871. The van der Waals surface area contributed by atoms with E-state index < -0.39 is 18.1 Å². The van der Waals surface area contributed by atoms with Gasteiger partial charge in [-0.15, -0.1) is 0 Å². The third kappa shape index (κ3) is 8.31. The SMILES string of the molecule is CN[C@H](Cc1ccccc1)C(=O)N[C@@H]1C(=O)N2[C@@H](CC[C@@H]1CC[N+](C)(C)C)CC[C@H]2C(=O)CC(c1ccccc1)c1ccccc1. The van der Waals surface area contributed by atoms with Crippen LogP contribution in [0.25, 0.3) is 0 Å². The molecule has 0 unspecified atom stereocenters. The van der Waals surface area contributed by atoms with E-state index in [0.717, 1.165) is 53.4 Å². The number of nitrogens with one attached hydrogen (secondary N) is 2. The summed E-state index contributed by atoms with van der Waals surface area (Å²) in [6.07, 6.45) is 4.87. The molecule has 2 heterocycles. The predicted molar refractivity (Wildman–Crippen MR) is 183 cm³/mol.